The van der Waals surface area contributed by atoms with Crippen LogP contribution in [0.2, 0.25) is 0 Å². The van der Waals surface area contributed by atoms with Crippen molar-refractivity contribution in [2.75, 3.05) is 20.3 Å². The third-order valence-corrected chi connectivity index (χ3v) is 3.30. The molecule has 0 saturated heterocycles. The van der Waals surface area contributed by atoms with Gasteiger partial charge in [0.1, 0.15) is 12.1 Å². The van der Waals surface area contributed by atoms with Crippen LogP contribution in [-0.4, -0.2) is 43.2 Å². The standard InChI is InChI=1S/C17H20N2O5/c1-4-23-14(20)10-19-13-9-7-6-8-12(13)15(17(21)24-5-2)16(19)18-11-22-3/h6-9,11H,4-5,10H2,1-3H3/b18-11+. The van der Waals surface area contributed by atoms with E-state index in [1.54, 1.807) is 24.5 Å². The first-order chi connectivity index (χ1) is 11.6. The topological polar surface area (TPSA) is 79.1 Å². The van der Waals surface area contributed by atoms with Crippen LogP contribution < -0.4 is 0 Å². The summed E-state index contributed by atoms with van der Waals surface area (Å²) in [6.07, 6.45) is 1.21. The van der Waals surface area contributed by atoms with Crippen molar-refractivity contribution in [3.05, 3.63) is 29.8 Å². The molecule has 0 spiro atoms. The predicted molar refractivity (Wildman–Crippen MR) is 89.7 cm³/mol. The van der Waals surface area contributed by atoms with Crippen molar-refractivity contribution in [2.45, 2.75) is 20.4 Å². The number of aromatic nitrogens is 1. The SMILES string of the molecule is CCOC(=O)Cn1c(/N=C/OC)c(C(=O)OCC)c2ccccc21. The van der Waals surface area contributed by atoms with Gasteiger partial charge in [0.2, 0.25) is 0 Å². The van der Waals surface area contributed by atoms with Crippen LogP contribution in [0.25, 0.3) is 10.9 Å². The molecule has 0 aliphatic rings. The van der Waals surface area contributed by atoms with Gasteiger partial charge in [-0.25, -0.2) is 9.79 Å². The molecule has 0 radical (unpaired) electrons. The molecule has 0 aliphatic carbocycles. The molecule has 0 atom stereocenters. The van der Waals surface area contributed by atoms with E-state index >= 15 is 0 Å². The highest BCUT2D eigenvalue weighted by atomic mass is 16.5. The molecule has 24 heavy (non-hydrogen) atoms. The van der Waals surface area contributed by atoms with E-state index in [-0.39, 0.29) is 19.8 Å². The van der Waals surface area contributed by atoms with Crippen molar-refractivity contribution in [3.63, 3.8) is 0 Å². The quantitative estimate of drug-likeness (QED) is 0.442. The first-order valence-corrected chi connectivity index (χ1v) is 7.63. The largest absolute Gasteiger partial charge is 0.486 e. The summed E-state index contributed by atoms with van der Waals surface area (Å²) in [6.45, 7) is 3.92. The van der Waals surface area contributed by atoms with E-state index < -0.39 is 11.9 Å². The lowest BCUT2D eigenvalue weighted by atomic mass is 10.1. The average molecular weight is 332 g/mol. The molecule has 0 saturated carbocycles. The molecule has 1 aromatic heterocycles. The van der Waals surface area contributed by atoms with E-state index in [9.17, 15) is 9.59 Å². The van der Waals surface area contributed by atoms with Crippen molar-refractivity contribution in [1.82, 2.24) is 4.57 Å². The normalized spacial score (nSPS) is 11.0. The molecule has 128 valence electrons. The molecule has 7 nitrogen and oxygen atoms in total. The van der Waals surface area contributed by atoms with Gasteiger partial charge in [-0.3, -0.25) is 4.79 Å². The minimum Gasteiger partial charge on any atom is -0.486 e. The van der Waals surface area contributed by atoms with Gasteiger partial charge in [-0.05, 0) is 19.9 Å². The highest BCUT2D eigenvalue weighted by molar-refractivity contribution is 6.09. The average Bonchev–Trinajstić information content (AvgIpc) is 2.87. The van der Waals surface area contributed by atoms with Crippen molar-refractivity contribution >= 4 is 35.1 Å². The lowest BCUT2D eigenvalue weighted by Gasteiger charge is -2.08. The fraction of sp³-hybridized carbons (Fsp3) is 0.353. The molecule has 0 aliphatic heterocycles. The number of hydrogen-bond donors (Lipinski definition) is 0. The highest BCUT2D eigenvalue weighted by Gasteiger charge is 2.24. The van der Waals surface area contributed by atoms with Crippen molar-refractivity contribution < 1.29 is 23.8 Å². The van der Waals surface area contributed by atoms with Crippen molar-refractivity contribution in [2.24, 2.45) is 4.99 Å². The number of methoxy groups -OCH3 is 1. The van der Waals surface area contributed by atoms with Crippen LogP contribution in [-0.2, 0) is 25.5 Å². The Bertz CT molecular complexity index is 764. The number of benzene rings is 1. The number of esters is 2. The Kier molecular flexibility index (Phi) is 5.95. The number of fused-ring (bicyclic) bond motifs is 1. The van der Waals surface area contributed by atoms with Crippen LogP contribution in [0.4, 0.5) is 5.82 Å². The molecular weight excluding hydrogens is 312 g/mol. The minimum absolute atomic E-state index is 0.0653. The maximum atomic E-state index is 12.4. The Morgan fingerprint density at radius 1 is 1.17 bits per heavy atom. The van der Waals surface area contributed by atoms with Gasteiger partial charge in [0.05, 0.1) is 25.8 Å². The Labute approximate surface area is 139 Å². The van der Waals surface area contributed by atoms with Gasteiger partial charge < -0.3 is 18.8 Å². The van der Waals surface area contributed by atoms with E-state index in [0.29, 0.717) is 22.3 Å². The Hall–Kier alpha value is -2.83. The second-order valence-electron chi connectivity index (χ2n) is 4.80. The fourth-order valence-corrected chi connectivity index (χ4v) is 2.43. The van der Waals surface area contributed by atoms with Crippen molar-refractivity contribution in [3.8, 4) is 0 Å². The van der Waals surface area contributed by atoms with Crippen LogP contribution in [0.15, 0.2) is 29.3 Å². The van der Waals surface area contributed by atoms with Crippen LogP contribution >= 0.6 is 0 Å². The summed E-state index contributed by atoms with van der Waals surface area (Å²) in [5.74, 6) is -0.619. The summed E-state index contributed by atoms with van der Waals surface area (Å²) in [5.41, 5.74) is 0.988. The summed E-state index contributed by atoms with van der Waals surface area (Å²) in [6, 6.07) is 7.23. The summed E-state index contributed by atoms with van der Waals surface area (Å²) >= 11 is 0. The van der Waals surface area contributed by atoms with E-state index in [4.69, 9.17) is 14.2 Å². The summed E-state index contributed by atoms with van der Waals surface area (Å²) in [7, 11) is 1.45. The Balaban J connectivity index is 2.66. The van der Waals surface area contributed by atoms with Gasteiger partial charge in [-0.1, -0.05) is 18.2 Å². The molecule has 0 unspecified atom stereocenters. The van der Waals surface area contributed by atoms with Crippen LogP contribution in [0.5, 0.6) is 0 Å². The second kappa shape index (κ2) is 8.14. The molecule has 0 fully saturated rings. The minimum atomic E-state index is -0.500. The number of carbonyl (C=O) groups excluding carboxylic acids is 2. The number of nitrogens with zero attached hydrogens (tertiary/aromatic N) is 2. The monoisotopic (exact) mass is 332 g/mol. The Morgan fingerprint density at radius 3 is 2.54 bits per heavy atom. The highest BCUT2D eigenvalue weighted by Crippen LogP contribution is 2.33. The molecule has 0 bridgehead atoms. The third kappa shape index (κ3) is 3.56. The lowest BCUT2D eigenvalue weighted by Crippen LogP contribution is -2.13. The molecule has 0 N–H and O–H groups in total. The molecule has 7 heteroatoms. The second-order valence-corrected chi connectivity index (χ2v) is 4.80. The smallest absolute Gasteiger partial charge is 0.342 e. The van der Waals surface area contributed by atoms with Gasteiger partial charge in [-0.15, -0.1) is 0 Å². The van der Waals surface area contributed by atoms with Gasteiger partial charge in [0.25, 0.3) is 0 Å². The number of rotatable bonds is 7. The first-order valence-electron chi connectivity index (χ1n) is 7.63. The van der Waals surface area contributed by atoms with Gasteiger partial charge in [0, 0.05) is 5.39 Å². The molecule has 0 amide bonds. The number of aliphatic imine (C=N–C) groups is 1. The molecule has 2 aromatic rings. The zero-order valence-electron chi connectivity index (χ0n) is 13.9. The zero-order chi connectivity index (χ0) is 17.5. The maximum absolute atomic E-state index is 12.4. The molecule has 2 rings (SSSR count). The fourth-order valence-electron chi connectivity index (χ4n) is 2.43. The molecule has 1 aromatic carbocycles. The number of hydrogen-bond acceptors (Lipinski definition) is 6. The number of carbonyl (C=O) groups is 2. The summed E-state index contributed by atoms with van der Waals surface area (Å²) < 4.78 is 16.6. The molecular formula is C17H20N2O5. The van der Waals surface area contributed by atoms with Crippen molar-refractivity contribution in [1.29, 1.82) is 0 Å². The van der Waals surface area contributed by atoms with Crippen LogP contribution in [0.1, 0.15) is 24.2 Å². The lowest BCUT2D eigenvalue weighted by molar-refractivity contribution is -0.143. The van der Waals surface area contributed by atoms with E-state index in [1.807, 2.05) is 18.2 Å². The van der Waals surface area contributed by atoms with E-state index in [1.165, 1.54) is 13.5 Å². The Morgan fingerprint density at radius 2 is 1.88 bits per heavy atom. The summed E-state index contributed by atoms with van der Waals surface area (Å²) in [4.78, 5) is 28.5. The summed E-state index contributed by atoms with van der Waals surface area (Å²) in [5, 5.41) is 0.656. The van der Waals surface area contributed by atoms with Gasteiger partial charge in [0.15, 0.2) is 12.2 Å². The third-order valence-electron chi connectivity index (χ3n) is 3.30. The number of para-hydroxylation sites is 1. The predicted octanol–water partition coefficient (Wildman–Crippen LogP) is 2.69. The first kappa shape index (κ1) is 17.5. The van der Waals surface area contributed by atoms with E-state index in [0.717, 1.165) is 0 Å². The maximum Gasteiger partial charge on any atom is 0.342 e. The molecule has 1 heterocycles. The number of ether oxygens (including phenoxy) is 3. The van der Waals surface area contributed by atoms with Crippen LogP contribution in [0.3, 0.4) is 0 Å². The van der Waals surface area contributed by atoms with Gasteiger partial charge >= 0.3 is 11.9 Å². The van der Waals surface area contributed by atoms with E-state index in [2.05, 4.69) is 4.99 Å². The van der Waals surface area contributed by atoms with Crippen LogP contribution in [0, 0.1) is 0 Å². The van der Waals surface area contributed by atoms with Gasteiger partial charge in [-0.2, -0.15) is 0 Å². The zero-order valence-corrected chi connectivity index (χ0v) is 13.9.